The summed E-state index contributed by atoms with van der Waals surface area (Å²) in [5.41, 5.74) is 3.74. The fourth-order valence-corrected chi connectivity index (χ4v) is 3.25. The summed E-state index contributed by atoms with van der Waals surface area (Å²) >= 11 is 0. The Morgan fingerprint density at radius 1 is 1.08 bits per heavy atom. The zero-order chi connectivity index (χ0) is 17.8. The van der Waals surface area contributed by atoms with Crippen LogP contribution in [0.15, 0.2) is 42.7 Å². The Labute approximate surface area is 148 Å². The predicted molar refractivity (Wildman–Crippen MR) is 97.1 cm³/mol. The second kappa shape index (κ2) is 7.47. The number of carbonyl (C=O) groups is 2. The quantitative estimate of drug-likeness (QED) is 0.855. The highest BCUT2D eigenvalue weighted by Gasteiger charge is 2.31. The van der Waals surface area contributed by atoms with Crippen LogP contribution in [0.5, 0.6) is 0 Å². The highest BCUT2D eigenvalue weighted by atomic mass is 16.2. The molecule has 0 unspecified atom stereocenters. The molecule has 0 saturated carbocycles. The van der Waals surface area contributed by atoms with E-state index in [2.05, 4.69) is 10.3 Å². The van der Waals surface area contributed by atoms with Crippen LogP contribution in [0.2, 0.25) is 0 Å². The van der Waals surface area contributed by atoms with E-state index in [0.717, 1.165) is 30.4 Å². The minimum absolute atomic E-state index is 0.0387. The van der Waals surface area contributed by atoms with Crippen LogP contribution in [0.1, 0.15) is 42.0 Å². The van der Waals surface area contributed by atoms with Crippen molar-refractivity contribution in [1.82, 2.24) is 9.88 Å². The van der Waals surface area contributed by atoms with Crippen LogP contribution in [0.3, 0.4) is 0 Å². The molecule has 0 radical (unpaired) electrons. The molecule has 0 bridgehead atoms. The van der Waals surface area contributed by atoms with Crippen LogP contribution in [0.4, 0.5) is 5.69 Å². The highest BCUT2D eigenvalue weighted by molar-refractivity contribution is 6.39. The first-order valence-electron chi connectivity index (χ1n) is 8.65. The van der Waals surface area contributed by atoms with Gasteiger partial charge in [0.25, 0.3) is 0 Å². The van der Waals surface area contributed by atoms with Crippen LogP contribution in [-0.4, -0.2) is 28.2 Å². The van der Waals surface area contributed by atoms with E-state index >= 15 is 0 Å². The zero-order valence-electron chi connectivity index (χ0n) is 14.7. The molecule has 1 N–H and O–H groups in total. The average molecular weight is 337 g/mol. The minimum Gasteiger partial charge on any atom is -0.327 e. The molecule has 2 aromatic rings. The number of nitrogens with zero attached hydrogens (tertiary/aromatic N) is 2. The summed E-state index contributed by atoms with van der Waals surface area (Å²) in [6, 6.07) is 9.95. The van der Waals surface area contributed by atoms with Gasteiger partial charge in [-0.25, -0.2) is 0 Å². The van der Waals surface area contributed by atoms with Gasteiger partial charge < -0.3 is 10.2 Å². The molecule has 5 heteroatoms. The van der Waals surface area contributed by atoms with Crippen LogP contribution in [-0.2, 0) is 9.59 Å². The molecule has 1 aromatic heterocycles. The lowest BCUT2D eigenvalue weighted by atomic mass is 9.94. The number of amides is 2. The molecule has 0 aliphatic carbocycles. The number of benzene rings is 1. The van der Waals surface area contributed by atoms with Crippen molar-refractivity contribution < 1.29 is 9.59 Å². The maximum atomic E-state index is 12.7. The molecule has 1 aliphatic rings. The number of anilines is 1. The summed E-state index contributed by atoms with van der Waals surface area (Å²) in [6.07, 6.45) is 6.12. The molecule has 25 heavy (non-hydrogen) atoms. The number of likely N-dealkylation sites (tertiary alicyclic amines) is 1. The summed E-state index contributed by atoms with van der Waals surface area (Å²) in [5, 5.41) is 2.67. The number of rotatable bonds is 2. The van der Waals surface area contributed by atoms with Gasteiger partial charge in [0, 0.05) is 12.7 Å². The number of piperidine rings is 1. The molecular weight excluding hydrogens is 314 g/mol. The molecule has 3 rings (SSSR count). The molecule has 1 saturated heterocycles. The van der Waals surface area contributed by atoms with E-state index < -0.39 is 11.8 Å². The summed E-state index contributed by atoms with van der Waals surface area (Å²) in [5.74, 6) is -1.09. The first kappa shape index (κ1) is 17.1. The molecule has 2 amide bonds. The Kier molecular flexibility index (Phi) is 5.12. The molecule has 1 fully saturated rings. The lowest BCUT2D eigenvalue weighted by Crippen LogP contribution is -2.44. The van der Waals surface area contributed by atoms with Crippen molar-refractivity contribution >= 4 is 17.5 Å². The molecule has 0 spiro atoms. The molecule has 5 nitrogen and oxygen atoms in total. The third-order valence-corrected chi connectivity index (χ3v) is 4.55. The van der Waals surface area contributed by atoms with Gasteiger partial charge >= 0.3 is 11.8 Å². The van der Waals surface area contributed by atoms with Gasteiger partial charge in [0.1, 0.15) is 0 Å². The number of hydrogen-bond acceptors (Lipinski definition) is 3. The lowest BCUT2D eigenvalue weighted by molar-refractivity contribution is -0.145. The summed E-state index contributed by atoms with van der Waals surface area (Å²) in [6.45, 7) is 4.54. The van der Waals surface area contributed by atoms with Crippen LogP contribution < -0.4 is 5.32 Å². The van der Waals surface area contributed by atoms with E-state index in [1.165, 1.54) is 5.56 Å². The second-order valence-electron chi connectivity index (χ2n) is 6.63. The van der Waals surface area contributed by atoms with Gasteiger partial charge in [-0.15, -0.1) is 0 Å². The van der Waals surface area contributed by atoms with Gasteiger partial charge in [-0.05, 0) is 50.3 Å². The molecule has 1 atom stereocenters. The molecule has 1 aromatic carbocycles. The fraction of sp³-hybridized carbons (Fsp3) is 0.350. The Morgan fingerprint density at radius 2 is 1.84 bits per heavy atom. The zero-order valence-corrected chi connectivity index (χ0v) is 14.7. The summed E-state index contributed by atoms with van der Waals surface area (Å²) < 4.78 is 0. The maximum Gasteiger partial charge on any atom is 0.313 e. The van der Waals surface area contributed by atoms with E-state index in [0.29, 0.717) is 12.2 Å². The Balaban J connectivity index is 1.76. The number of nitrogens with one attached hydrogen (secondary N) is 1. The summed E-state index contributed by atoms with van der Waals surface area (Å²) in [7, 11) is 0. The number of aryl methyl sites for hydroxylation is 2. The highest BCUT2D eigenvalue weighted by Crippen LogP contribution is 2.31. The first-order valence-corrected chi connectivity index (χ1v) is 8.65. The fourth-order valence-electron chi connectivity index (χ4n) is 3.25. The number of hydrogen-bond donors (Lipinski definition) is 1. The van der Waals surface area contributed by atoms with E-state index in [-0.39, 0.29) is 6.04 Å². The van der Waals surface area contributed by atoms with Crippen molar-refractivity contribution in [2.75, 3.05) is 11.9 Å². The predicted octanol–water partition coefficient (Wildman–Crippen LogP) is 3.39. The van der Waals surface area contributed by atoms with Gasteiger partial charge in [-0.2, -0.15) is 0 Å². The SMILES string of the molecule is Cc1ccc([C@@H]2CCCCN2C(=O)C(=O)Nc2cncc(C)c2)cc1. The largest absolute Gasteiger partial charge is 0.327 e. The van der Waals surface area contributed by atoms with E-state index in [9.17, 15) is 9.59 Å². The number of carbonyl (C=O) groups excluding carboxylic acids is 2. The van der Waals surface area contributed by atoms with Gasteiger partial charge in [-0.1, -0.05) is 29.8 Å². The second-order valence-corrected chi connectivity index (χ2v) is 6.63. The van der Waals surface area contributed by atoms with Crippen molar-refractivity contribution in [3.05, 3.63) is 59.4 Å². The molecule has 1 aliphatic heterocycles. The van der Waals surface area contributed by atoms with Gasteiger partial charge in [0.2, 0.25) is 0 Å². The Bertz CT molecular complexity index is 771. The third-order valence-electron chi connectivity index (χ3n) is 4.55. The number of aromatic nitrogens is 1. The van der Waals surface area contributed by atoms with Crippen LogP contribution in [0, 0.1) is 13.8 Å². The molecule has 2 heterocycles. The Hall–Kier alpha value is -2.69. The Morgan fingerprint density at radius 3 is 2.56 bits per heavy atom. The maximum absolute atomic E-state index is 12.7. The van der Waals surface area contributed by atoms with Crippen molar-refractivity contribution in [3.63, 3.8) is 0 Å². The smallest absolute Gasteiger partial charge is 0.313 e. The monoisotopic (exact) mass is 337 g/mol. The van der Waals surface area contributed by atoms with Crippen LogP contribution >= 0.6 is 0 Å². The standard InChI is InChI=1S/C20H23N3O2/c1-14-6-8-16(9-7-14)18-5-3-4-10-23(18)20(25)19(24)22-17-11-15(2)12-21-13-17/h6-9,11-13,18H,3-5,10H2,1-2H3,(H,22,24)/t18-/m0/s1. The lowest BCUT2D eigenvalue weighted by Gasteiger charge is -2.35. The van der Waals surface area contributed by atoms with Crippen molar-refractivity contribution in [1.29, 1.82) is 0 Å². The first-order chi connectivity index (χ1) is 12.0. The molecule has 130 valence electrons. The van der Waals surface area contributed by atoms with Crippen molar-refractivity contribution in [2.24, 2.45) is 0 Å². The average Bonchev–Trinajstić information content (AvgIpc) is 2.62. The van der Waals surface area contributed by atoms with E-state index in [4.69, 9.17) is 0 Å². The summed E-state index contributed by atoms with van der Waals surface area (Å²) in [4.78, 5) is 30.9. The van der Waals surface area contributed by atoms with E-state index in [1.54, 1.807) is 23.4 Å². The normalized spacial score (nSPS) is 17.2. The molecular formula is C20H23N3O2. The van der Waals surface area contributed by atoms with Crippen molar-refractivity contribution in [3.8, 4) is 0 Å². The van der Waals surface area contributed by atoms with Crippen molar-refractivity contribution in [2.45, 2.75) is 39.2 Å². The van der Waals surface area contributed by atoms with Gasteiger partial charge in [0.05, 0.1) is 17.9 Å². The number of pyridine rings is 1. The van der Waals surface area contributed by atoms with E-state index in [1.807, 2.05) is 38.1 Å². The van der Waals surface area contributed by atoms with Gasteiger partial charge in [0.15, 0.2) is 0 Å². The third kappa shape index (κ3) is 4.05. The topological polar surface area (TPSA) is 62.3 Å². The van der Waals surface area contributed by atoms with Gasteiger partial charge in [-0.3, -0.25) is 14.6 Å². The van der Waals surface area contributed by atoms with Crippen LogP contribution in [0.25, 0.3) is 0 Å². The minimum atomic E-state index is -0.605.